The second kappa shape index (κ2) is 8.31. The molecule has 1 aliphatic heterocycles. The lowest BCUT2D eigenvalue weighted by Crippen LogP contribution is -2.48. The molecule has 3 rings (SSSR count). The van der Waals surface area contributed by atoms with Crippen molar-refractivity contribution in [3.8, 4) is 0 Å². The zero-order valence-corrected chi connectivity index (χ0v) is 17.2. The summed E-state index contributed by atoms with van der Waals surface area (Å²) < 4.78 is 0. The Balaban J connectivity index is 1.57. The highest BCUT2D eigenvalue weighted by atomic mass is 16.2. The third-order valence-corrected chi connectivity index (χ3v) is 5.95. The molecule has 29 heavy (non-hydrogen) atoms. The molecule has 0 bridgehead atoms. The normalized spacial score (nSPS) is 22.1. The molecule has 1 aliphatic carbocycles. The van der Waals surface area contributed by atoms with Crippen LogP contribution in [0.15, 0.2) is 18.3 Å². The Morgan fingerprint density at radius 3 is 2.72 bits per heavy atom. The van der Waals surface area contributed by atoms with E-state index in [1.807, 2.05) is 0 Å². The minimum atomic E-state index is -0.440. The van der Waals surface area contributed by atoms with Crippen LogP contribution in [-0.4, -0.2) is 58.9 Å². The lowest BCUT2D eigenvalue weighted by atomic mass is 10.1. The van der Waals surface area contributed by atoms with Gasteiger partial charge in [0.15, 0.2) is 5.78 Å². The van der Waals surface area contributed by atoms with Crippen molar-refractivity contribution in [2.75, 3.05) is 25.0 Å². The summed E-state index contributed by atoms with van der Waals surface area (Å²) in [6.07, 6.45) is 4.11. The van der Waals surface area contributed by atoms with Gasteiger partial charge in [-0.3, -0.25) is 19.8 Å². The number of hydrogen-bond donors (Lipinski definition) is 3. The SMILES string of the molecule is CC(=O)C(=N)c1cccnc1NCC(=O)N1CCCC1C(=O)NCC1CC1(C)C. The molecule has 156 valence electrons. The van der Waals surface area contributed by atoms with Crippen LogP contribution in [0.3, 0.4) is 0 Å². The molecule has 0 radical (unpaired) electrons. The third-order valence-electron chi connectivity index (χ3n) is 5.95. The molecule has 1 aromatic rings. The van der Waals surface area contributed by atoms with E-state index in [9.17, 15) is 14.4 Å². The molecule has 1 saturated heterocycles. The van der Waals surface area contributed by atoms with Crippen LogP contribution in [0.5, 0.6) is 0 Å². The zero-order chi connectivity index (χ0) is 21.2. The minimum Gasteiger partial charge on any atom is -0.360 e. The van der Waals surface area contributed by atoms with E-state index in [4.69, 9.17) is 5.41 Å². The minimum absolute atomic E-state index is 0.0470. The van der Waals surface area contributed by atoms with E-state index >= 15 is 0 Å². The average Bonchev–Trinajstić information content (AvgIpc) is 3.07. The van der Waals surface area contributed by atoms with Crippen molar-refractivity contribution in [3.63, 3.8) is 0 Å². The van der Waals surface area contributed by atoms with Crippen molar-refractivity contribution in [3.05, 3.63) is 23.9 Å². The first-order chi connectivity index (χ1) is 13.7. The number of aromatic nitrogens is 1. The number of likely N-dealkylation sites (tertiary alicyclic amines) is 1. The lowest BCUT2D eigenvalue weighted by Gasteiger charge is -2.24. The summed E-state index contributed by atoms with van der Waals surface area (Å²) in [6, 6.07) is 2.82. The molecule has 1 saturated carbocycles. The molecule has 2 fully saturated rings. The van der Waals surface area contributed by atoms with Crippen LogP contribution >= 0.6 is 0 Å². The van der Waals surface area contributed by atoms with Crippen molar-refractivity contribution >= 4 is 29.1 Å². The van der Waals surface area contributed by atoms with Gasteiger partial charge < -0.3 is 15.5 Å². The van der Waals surface area contributed by atoms with Gasteiger partial charge in [0.1, 0.15) is 17.6 Å². The van der Waals surface area contributed by atoms with Crippen LogP contribution in [-0.2, 0) is 14.4 Å². The summed E-state index contributed by atoms with van der Waals surface area (Å²) in [4.78, 5) is 42.6. The molecule has 0 aromatic carbocycles. The van der Waals surface area contributed by atoms with Gasteiger partial charge in [0.2, 0.25) is 11.8 Å². The second-order valence-corrected chi connectivity index (χ2v) is 8.56. The summed E-state index contributed by atoms with van der Waals surface area (Å²) in [7, 11) is 0. The average molecular weight is 399 g/mol. The van der Waals surface area contributed by atoms with Crippen LogP contribution in [0.1, 0.15) is 45.6 Å². The molecule has 0 spiro atoms. The van der Waals surface area contributed by atoms with Gasteiger partial charge in [0.25, 0.3) is 0 Å². The highest BCUT2D eigenvalue weighted by Gasteiger charge is 2.45. The number of ketones is 1. The number of carbonyl (C=O) groups excluding carboxylic acids is 3. The van der Waals surface area contributed by atoms with Crippen LogP contribution in [0, 0.1) is 16.7 Å². The van der Waals surface area contributed by atoms with Crippen LogP contribution in [0.25, 0.3) is 0 Å². The van der Waals surface area contributed by atoms with Gasteiger partial charge in [0, 0.05) is 31.8 Å². The fourth-order valence-corrected chi connectivity index (χ4v) is 3.80. The van der Waals surface area contributed by atoms with Crippen molar-refractivity contribution in [2.45, 2.75) is 46.1 Å². The van der Waals surface area contributed by atoms with Gasteiger partial charge in [-0.15, -0.1) is 0 Å². The number of hydrogen-bond acceptors (Lipinski definition) is 6. The van der Waals surface area contributed by atoms with Gasteiger partial charge >= 0.3 is 0 Å². The summed E-state index contributed by atoms with van der Waals surface area (Å²) in [5.74, 6) is 0.174. The molecule has 1 aromatic heterocycles. The molecule has 2 amide bonds. The Morgan fingerprint density at radius 2 is 2.07 bits per heavy atom. The van der Waals surface area contributed by atoms with Gasteiger partial charge in [-0.25, -0.2) is 4.98 Å². The monoisotopic (exact) mass is 399 g/mol. The largest absolute Gasteiger partial charge is 0.360 e. The number of carbonyl (C=O) groups is 3. The Labute approximate surface area is 171 Å². The first kappa shape index (κ1) is 21.0. The smallest absolute Gasteiger partial charge is 0.242 e. The fourth-order valence-electron chi connectivity index (χ4n) is 3.80. The summed E-state index contributed by atoms with van der Waals surface area (Å²) in [5, 5.41) is 13.8. The topological polar surface area (TPSA) is 115 Å². The molecular weight excluding hydrogens is 370 g/mol. The number of amides is 2. The highest BCUT2D eigenvalue weighted by molar-refractivity contribution is 6.45. The summed E-state index contributed by atoms with van der Waals surface area (Å²) in [6.45, 7) is 6.87. The maximum atomic E-state index is 12.7. The molecular formula is C21H29N5O3. The Morgan fingerprint density at radius 1 is 1.34 bits per heavy atom. The quantitative estimate of drug-likeness (QED) is 0.575. The molecule has 2 aliphatic rings. The molecule has 8 heteroatoms. The van der Waals surface area contributed by atoms with Gasteiger partial charge in [-0.05, 0) is 42.7 Å². The number of anilines is 1. The van der Waals surface area contributed by atoms with Crippen molar-refractivity contribution < 1.29 is 14.4 Å². The number of nitrogens with zero attached hydrogens (tertiary/aromatic N) is 2. The predicted molar refractivity (Wildman–Crippen MR) is 110 cm³/mol. The lowest BCUT2D eigenvalue weighted by molar-refractivity contribution is -0.137. The first-order valence-corrected chi connectivity index (χ1v) is 10.1. The Bertz CT molecular complexity index is 835. The molecule has 8 nitrogen and oxygen atoms in total. The fraction of sp³-hybridized carbons (Fsp3) is 0.571. The third kappa shape index (κ3) is 4.81. The van der Waals surface area contributed by atoms with E-state index in [2.05, 4.69) is 29.5 Å². The van der Waals surface area contributed by atoms with Crippen LogP contribution in [0.4, 0.5) is 5.82 Å². The van der Waals surface area contributed by atoms with E-state index in [-0.39, 0.29) is 29.9 Å². The van der Waals surface area contributed by atoms with E-state index < -0.39 is 6.04 Å². The van der Waals surface area contributed by atoms with E-state index in [0.717, 1.165) is 12.8 Å². The van der Waals surface area contributed by atoms with E-state index in [1.54, 1.807) is 17.0 Å². The van der Waals surface area contributed by atoms with Gasteiger partial charge in [0.05, 0.1) is 6.54 Å². The Kier molecular flexibility index (Phi) is 6.00. The number of pyridine rings is 1. The summed E-state index contributed by atoms with van der Waals surface area (Å²) in [5.41, 5.74) is 0.501. The van der Waals surface area contributed by atoms with Gasteiger partial charge in [-0.2, -0.15) is 0 Å². The molecule has 2 atom stereocenters. The molecule has 2 heterocycles. The van der Waals surface area contributed by atoms with Gasteiger partial charge in [-0.1, -0.05) is 13.8 Å². The standard InChI is InChI=1S/C21H29N5O3/c1-13(27)18(22)15-6-4-8-23-19(15)24-12-17(28)26-9-5-7-16(26)20(29)25-11-14-10-21(14,2)3/h4,6,8,14,16,22H,5,7,9-12H2,1-3H3,(H,23,24)(H,25,29). The van der Waals surface area contributed by atoms with Crippen molar-refractivity contribution in [1.82, 2.24) is 15.2 Å². The van der Waals surface area contributed by atoms with E-state index in [0.29, 0.717) is 42.2 Å². The highest BCUT2D eigenvalue weighted by Crippen LogP contribution is 2.51. The van der Waals surface area contributed by atoms with Crippen LogP contribution in [0.2, 0.25) is 0 Å². The molecule has 2 unspecified atom stereocenters. The maximum absolute atomic E-state index is 12.7. The van der Waals surface area contributed by atoms with Crippen molar-refractivity contribution in [1.29, 1.82) is 5.41 Å². The Hall–Kier alpha value is -2.77. The maximum Gasteiger partial charge on any atom is 0.242 e. The number of nitrogens with one attached hydrogen (secondary N) is 3. The zero-order valence-electron chi connectivity index (χ0n) is 17.2. The van der Waals surface area contributed by atoms with E-state index in [1.165, 1.54) is 13.1 Å². The van der Waals surface area contributed by atoms with Crippen LogP contribution < -0.4 is 10.6 Å². The predicted octanol–water partition coefficient (Wildman–Crippen LogP) is 1.60. The van der Waals surface area contributed by atoms with Crippen molar-refractivity contribution in [2.24, 2.45) is 11.3 Å². The summed E-state index contributed by atoms with van der Waals surface area (Å²) >= 11 is 0. The molecule has 3 N–H and O–H groups in total. The second-order valence-electron chi connectivity index (χ2n) is 8.56. The number of rotatable bonds is 8. The number of Topliss-reactive ketones (excluding diaryl/α,β-unsaturated/α-hetero) is 1. The first-order valence-electron chi connectivity index (χ1n) is 10.1.